The van der Waals surface area contributed by atoms with E-state index in [-0.39, 0.29) is 22.4 Å². The number of carbonyl (C=O) groups is 5. The van der Waals surface area contributed by atoms with Crippen molar-refractivity contribution in [2.24, 2.45) is 5.92 Å². The van der Waals surface area contributed by atoms with Gasteiger partial charge in [0.1, 0.15) is 0 Å². The molecule has 0 spiro atoms. The van der Waals surface area contributed by atoms with E-state index in [4.69, 9.17) is 0 Å². The Kier molecular flexibility index (Phi) is 12.6. The smallest absolute Gasteiger partial charge is 0.339 e. The molecule has 0 N–H and O–H groups in total. The summed E-state index contributed by atoms with van der Waals surface area (Å²) >= 11 is 0. The zero-order valence-electron chi connectivity index (χ0n) is 18.1. The molecule has 1 unspecified atom stereocenters. The van der Waals surface area contributed by atoms with E-state index in [1.807, 2.05) is 30.7 Å². The Labute approximate surface area is 195 Å². The number of esters is 5. The van der Waals surface area contributed by atoms with Crippen molar-refractivity contribution in [2.45, 2.75) is 6.42 Å². The standard InChI is InChI=1S/C16H18O10.C5H5.Co/c1-22-12(17)7-6-8(13(18)23-2)10(15(20)25-4)11(16(21)26-5)9(7)14(19)24-3;1-2-4-5-3-1;/h7H,6H2,1-5H3;1-5H;. The van der Waals surface area contributed by atoms with Gasteiger partial charge in [0.15, 0.2) is 0 Å². The maximum Gasteiger partial charge on any atom is 0.339 e. The van der Waals surface area contributed by atoms with Crippen molar-refractivity contribution >= 4 is 29.8 Å². The summed E-state index contributed by atoms with van der Waals surface area (Å²) in [6.07, 6.45) is 9.56. The number of methoxy groups -OCH3 is 5. The van der Waals surface area contributed by atoms with Gasteiger partial charge in [0, 0.05) is 23.2 Å². The van der Waals surface area contributed by atoms with Gasteiger partial charge >= 0.3 is 29.8 Å². The Bertz CT molecular complexity index is 869. The molecule has 10 nitrogen and oxygen atoms in total. The first-order valence-corrected chi connectivity index (χ1v) is 8.84. The zero-order valence-corrected chi connectivity index (χ0v) is 19.1. The average Bonchev–Trinajstić information content (AvgIpc) is 3.40. The molecule has 0 amide bonds. The van der Waals surface area contributed by atoms with Gasteiger partial charge in [-0.15, -0.1) is 0 Å². The molecule has 2 aliphatic rings. The van der Waals surface area contributed by atoms with Crippen LogP contribution in [0.25, 0.3) is 0 Å². The fourth-order valence-corrected chi connectivity index (χ4v) is 2.84. The van der Waals surface area contributed by atoms with E-state index < -0.39 is 58.9 Å². The molecular formula is C21H23CoO10. The van der Waals surface area contributed by atoms with Crippen LogP contribution in [0.15, 0.2) is 46.6 Å². The Morgan fingerprint density at radius 1 is 0.656 bits per heavy atom. The fraction of sp³-hybridized carbons (Fsp3) is 0.333. The summed E-state index contributed by atoms with van der Waals surface area (Å²) < 4.78 is 23.1. The van der Waals surface area contributed by atoms with E-state index in [9.17, 15) is 24.0 Å². The molecule has 0 heterocycles. The van der Waals surface area contributed by atoms with E-state index >= 15 is 0 Å². The molecule has 2 aliphatic carbocycles. The van der Waals surface area contributed by atoms with Crippen LogP contribution in [-0.2, 0) is 64.4 Å². The first-order chi connectivity index (χ1) is 14.8. The molecule has 0 fully saturated rings. The second-order valence-corrected chi connectivity index (χ2v) is 5.85. The van der Waals surface area contributed by atoms with Gasteiger partial charge in [-0.05, 0) is 6.42 Å². The second kappa shape index (κ2) is 14.0. The molecule has 1 atom stereocenters. The van der Waals surface area contributed by atoms with Crippen molar-refractivity contribution < 1.29 is 64.4 Å². The van der Waals surface area contributed by atoms with Crippen LogP contribution in [0.3, 0.4) is 0 Å². The maximum atomic E-state index is 12.3. The van der Waals surface area contributed by atoms with Gasteiger partial charge in [0.05, 0.1) is 63.8 Å². The second-order valence-electron chi connectivity index (χ2n) is 5.85. The Morgan fingerprint density at radius 3 is 1.50 bits per heavy atom. The monoisotopic (exact) mass is 494 g/mol. The summed E-state index contributed by atoms with van der Waals surface area (Å²) in [5.74, 6) is -6.58. The van der Waals surface area contributed by atoms with E-state index in [1.54, 1.807) is 0 Å². The Hall–Kier alpha value is -3.18. The van der Waals surface area contributed by atoms with Crippen LogP contribution in [0.2, 0.25) is 0 Å². The molecule has 2 rings (SSSR count). The summed E-state index contributed by atoms with van der Waals surface area (Å²) in [5, 5.41) is 0. The first kappa shape index (κ1) is 28.8. The Balaban J connectivity index is 0.00000140. The minimum Gasteiger partial charge on any atom is -0.469 e. The van der Waals surface area contributed by atoms with Gasteiger partial charge in [-0.2, -0.15) is 0 Å². The van der Waals surface area contributed by atoms with Crippen LogP contribution in [0.4, 0.5) is 0 Å². The van der Waals surface area contributed by atoms with Gasteiger partial charge in [0.25, 0.3) is 0 Å². The van der Waals surface area contributed by atoms with Gasteiger partial charge in [0.2, 0.25) is 0 Å². The topological polar surface area (TPSA) is 132 Å². The minimum absolute atomic E-state index is 0. The van der Waals surface area contributed by atoms with E-state index in [1.165, 1.54) is 0 Å². The number of carbonyl (C=O) groups excluding carboxylic acids is 5. The van der Waals surface area contributed by atoms with E-state index in [2.05, 4.69) is 23.7 Å². The summed E-state index contributed by atoms with van der Waals surface area (Å²) in [4.78, 5) is 61.1. The van der Waals surface area contributed by atoms with E-state index in [0.29, 0.717) is 0 Å². The molecule has 0 aliphatic heterocycles. The molecule has 0 saturated heterocycles. The molecule has 2 radical (unpaired) electrons. The van der Waals surface area contributed by atoms with Crippen molar-refractivity contribution in [3.63, 3.8) is 0 Å². The molecular weight excluding hydrogens is 471 g/mol. The quantitative estimate of drug-likeness (QED) is 0.399. The summed E-state index contributed by atoms with van der Waals surface area (Å²) in [7, 11) is 5.15. The maximum absolute atomic E-state index is 12.3. The third kappa shape index (κ3) is 6.66. The zero-order chi connectivity index (χ0) is 23.6. The largest absolute Gasteiger partial charge is 0.469 e. The average molecular weight is 494 g/mol. The molecule has 0 aromatic rings. The van der Waals surface area contributed by atoms with Crippen LogP contribution < -0.4 is 0 Å². The number of hydrogen-bond acceptors (Lipinski definition) is 10. The predicted octanol–water partition coefficient (Wildman–Crippen LogP) is 0.779. The fourth-order valence-electron chi connectivity index (χ4n) is 2.84. The van der Waals surface area contributed by atoms with E-state index in [0.717, 1.165) is 35.5 Å². The molecule has 32 heavy (non-hydrogen) atoms. The molecule has 0 saturated carbocycles. The van der Waals surface area contributed by atoms with Crippen molar-refractivity contribution in [1.82, 2.24) is 0 Å². The number of ether oxygens (including phenoxy) is 5. The molecule has 0 aromatic carbocycles. The van der Waals surface area contributed by atoms with Gasteiger partial charge in [-0.25, -0.2) is 19.2 Å². The van der Waals surface area contributed by atoms with Gasteiger partial charge in [-0.3, -0.25) is 4.79 Å². The van der Waals surface area contributed by atoms with Crippen LogP contribution >= 0.6 is 0 Å². The summed E-state index contributed by atoms with van der Waals surface area (Å²) in [5.41, 5.74) is -1.96. The van der Waals surface area contributed by atoms with Crippen molar-refractivity contribution in [3.05, 3.63) is 53.0 Å². The normalized spacial score (nSPS) is 16.2. The number of allylic oxidation sites excluding steroid dienone is 4. The molecule has 0 aromatic heterocycles. The number of rotatable bonds is 5. The molecule has 176 valence electrons. The van der Waals surface area contributed by atoms with Crippen molar-refractivity contribution in [1.29, 1.82) is 0 Å². The first-order valence-electron chi connectivity index (χ1n) is 8.84. The van der Waals surface area contributed by atoms with Crippen LogP contribution in [0, 0.1) is 12.3 Å². The van der Waals surface area contributed by atoms with Crippen LogP contribution in [0.5, 0.6) is 0 Å². The molecule has 11 heteroatoms. The van der Waals surface area contributed by atoms with Gasteiger partial charge < -0.3 is 23.7 Å². The summed E-state index contributed by atoms with van der Waals surface area (Å²) in [6.45, 7) is 0. The SMILES string of the molecule is COC(=O)C1=C(C(=O)OC)C(C(=O)OC)=C(C(=O)OC)C(C(=O)OC)C1.[CH]1C=CC=C1.[Co]. The Morgan fingerprint density at radius 2 is 1.12 bits per heavy atom. The summed E-state index contributed by atoms with van der Waals surface area (Å²) in [6, 6.07) is 0. The minimum atomic E-state index is -1.39. The predicted molar refractivity (Wildman–Crippen MR) is 105 cm³/mol. The van der Waals surface area contributed by atoms with Crippen LogP contribution in [-0.4, -0.2) is 65.4 Å². The van der Waals surface area contributed by atoms with Gasteiger partial charge in [-0.1, -0.05) is 24.3 Å². The number of hydrogen-bond donors (Lipinski definition) is 0. The van der Waals surface area contributed by atoms with Crippen molar-refractivity contribution in [3.8, 4) is 0 Å². The van der Waals surface area contributed by atoms with Crippen LogP contribution in [0.1, 0.15) is 6.42 Å². The molecule has 0 bridgehead atoms. The third-order valence-corrected chi connectivity index (χ3v) is 4.24. The van der Waals surface area contributed by atoms with Crippen molar-refractivity contribution in [2.75, 3.05) is 35.5 Å². The third-order valence-electron chi connectivity index (χ3n) is 4.24.